The van der Waals surface area contributed by atoms with Crippen LogP contribution in [-0.4, -0.2) is 0 Å². The average Bonchev–Trinajstić information content (AvgIpc) is 2.39. The summed E-state index contributed by atoms with van der Waals surface area (Å²) in [5.41, 5.74) is 2.29. The van der Waals surface area contributed by atoms with E-state index in [4.69, 9.17) is 11.6 Å². The van der Waals surface area contributed by atoms with E-state index in [9.17, 15) is 0 Å². The van der Waals surface area contributed by atoms with E-state index in [2.05, 4.69) is 18.7 Å². The molecule has 0 heterocycles. The minimum atomic E-state index is 0.759. The third-order valence-corrected chi connectivity index (χ3v) is 3.00. The average molecular weight is 273 g/mol. The van der Waals surface area contributed by atoms with Gasteiger partial charge in [0.1, 0.15) is 0 Å². The summed E-state index contributed by atoms with van der Waals surface area (Å²) < 4.78 is 0. The van der Waals surface area contributed by atoms with Gasteiger partial charge in [-0.2, -0.15) is 0 Å². The Morgan fingerprint density at radius 2 is 1.17 bits per heavy atom. The van der Waals surface area contributed by atoms with Crippen LogP contribution in [-0.2, 0) is 0 Å². The van der Waals surface area contributed by atoms with E-state index in [-0.39, 0.29) is 0 Å². The normalized spacial score (nSPS) is 11.4. The molecule has 2 aromatic carbocycles. The van der Waals surface area contributed by atoms with Crippen LogP contribution in [0.25, 0.3) is 12.2 Å². The standard InChI is InChI=1S/C16H13ClS/c17-15-9-5-13(6-10-15)3-1-2-4-14-7-11-16(18)12-8-14/h1-12,18H/b3-1+,4-2+. The number of allylic oxidation sites excluding steroid dienone is 2. The lowest BCUT2D eigenvalue weighted by Crippen LogP contribution is -1.71. The molecule has 18 heavy (non-hydrogen) atoms. The maximum Gasteiger partial charge on any atom is 0.0406 e. The molecule has 0 aromatic heterocycles. The SMILES string of the molecule is Sc1ccc(/C=C/C=C/c2ccc(Cl)cc2)cc1. The van der Waals surface area contributed by atoms with E-state index in [1.54, 1.807) is 0 Å². The van der Waals surface area contributed by atoms with Gasteiger partial charge in [-0.25, -0.2) is 0 Å². The van der Waals surface area contributed by atoms with Crippen molar-refractivity contribution in [1.82, 2.24) is 0 Å². The third kappa shape index (κ3) is 4.10. The Kier molecular flexibility index (Phi) is 4.68. The fraction of sp³-hybridized carbons (Fsp3) is 0. The number of hydrogen-bond donors (Lipinski definition) is 1. The molecular formula is C16H13ClS. The molecule has 2 rings (SSSR count). The predicted molar refractivity (Wildman–Crippen MR) is 83.2 cm³/mol. The maximum atomic E-state index is 5.82. The molecule has 90 valence electrons. The van der Waals surface area contributed by atoms with Crippen molar-refractivity contribution < 1.29 is 0 Å². The van der Waals surface area contributed by atoms with Crippen molar-refractivity contribution in [2.75, 3.05) is 0 Å². The molecule has 0 radical (unpaired) electrons. The van der Waals surface area contributed by atoms with Crippen molar-refractivity contribution in [2.45, 2.75) is 4.90 Å². The van der Waals surface area contributed by atoms with E-state index < -0.39 is 0 Å². The molecule has 0 N–H and O–H groups in total. The maximum absolute atomic E-state index is 5.82. The van der Waals surface area contributed by atoms with Crippen LogP contribution in [0.4, 0.5) is 0 Å². The number of halogens is 1. The second-order valence-electron chi connectivity index (χ2n) is 3.86. The van der Waals surface area contributed by atoms with E-state index in [1.807, 2.05) is 66.8 Å². The summed E-state index contributed by atoms with van der Waals surface area (Å²) in [6.45, 7) is 0. The van der Waals surface area contributed by atoms with Gasteiger partial charge in [0.2, 0.25) is 0 Å². The minimum Gasteiger partial charge on any atom is -0.143 e. The van der Waals surface area contributed by atoms with Gasteiger partial charge in [0.25, 0.3) is 0 Å². The van der Waals surface area contributed by atoms with Gasteiger partial charge in [-0.15, -0.1) is 12.6 Å². The fourth-order valence-electron chi connectivity index (χ4n) is 1.49. The molecule has 0 unspecified atom stereocenters. The quantitative estimate of drug-likeness (QED) is 0.565. The van der Waals surface area contributed by atoms with Gasteiger partial charge in [-0.1, -0.05) is 60.2 Å². The van der Waals surface area contributed by atoms with Crippen LogP contribution in [0.1, 0.15) is 11.1 Å². The molecule has 2 heteroatoms. The molecule has 0 amide bonds. The zero-order valence-electron chi connectivity index (χ0n) is 9.75. The zero-order valence-corrected chi connectivity index (χ0v) is 11.4. The van der Waals surface area contributed by atoms with Gasteiger partial charge in [0.05, 0.1) is 0 Å². The lowest BCUT2D eigenvalue weighted by atomic mass is 10.2. The molecule has 0 fully saturated rings. The molecular weight excluding hydrogens is 260 g/mol. The summed E-state index contributed by atoms with van der Waals surface area (Å²) in [4.78, 5) is 0.976. The van der Waals surface area contributed by atoms with Gasteiger partial charge in [0.15, 0.2) is 0 Å². The Morgan fingerprint density at radius 3 is 1.67 bits per heavy atom. The third-order valence-electron chi connectivity index (χ3n) is 2.45. The first-order valence-electron chi connectivity index (χ1n) is 5.63. The second-order valence-corrected chi connectivity index (χ2v) is 4.81. The van der Waals surface area contributed by atoms with Gasteiger partial charge in [0, 0.05) is 9.92 Å². The Labute approximate surface area is 118 Å². The lowest BCUT2D eigenvalue weighted by molar-refractivity contribution is 1.46. The molecule has 0 saturated carbocycles. The predicted octanol–water partition coefficient (Wildman–Crippen LogP) is 5.36. The fourth-order valence-corrected chi connectivity index (χ4v) is 1.77. The molecule has 0 atom stereocenters. The van der Waals surface area contributed by atoms with Gasteiger partial charge in [-0.3, -0.25) is 0 Å². The number of benzene rings is 2. The monoisotopic (exact) mass is 272 g/mol. The molecule has 2 aromatic rings. The summed E-state index contributed by atoms with van der Waals surface area (Å²) in [5.74, 6) is 0. The summed E-state index contributed by atoms with van der Waals surface area (Å²) in [6.07, 6.45) is 8.12. The van der Waals surface area contributed by atoms with Crippen LogP contribution < -0.4 is 0 Å². The molecule has 0 saturated heterocycles. The first-order chi connectivity index (χ1) is 8.74. The molecule has 0 aliphatic heterocycles. The van der Waals surface area contributed by atoms with Gasteiger partial charge < -0.3 is 0 Å². The molecule has 0 spiro atoms. The Balaban J connectivity index is 1.98. The summed E-state index contributed by atoms with van der Waals surface area (Å²) in [5, 5.41) is 0.759. The Hall–Kier alpha value is -1.44. The van der Waals surface area contributed by atoms with Crippen molar-refractivity contribution in [1.29, 1.82) is 0 Å². The van der Waals surface area contributed by atoms with Crippen LogP contribution in [0.15, 0.2) is 65.6 Å². The van der Waals surface area contributed by atoms with E-state index in [0.29, 0.717) is 0 Å². The molecule has 0 bridgehead atoms. The van der Waals surface area contributed by atoms with Crippen molar-refractivity contribution in [3.63, 3.8) is 0 Å². The smallest absolute Gasteiger partial charge is 0.0406 e. The van der Waals surface area contributed by atoms with Gasteiger partial charge in [-0.05, 0) is 35.4 Å². The zero-order chi connectivity index (χ0) is 12.8. The highest BCUT2D eigenvalue weighted by Crippen LogP contribution is 2.11. The van der Waals surface area contributed by atoms with E-state index >= 15 is 0 Å². The van der Waals surface area contributed by atoms with Gasteiger partial charge >= 0.3 is 0 Å². The topological polar surface area (TPSA) is 0 Å². The number of thiol groups is 1. The molecule has 0 nitrogen and oxygen atoms in total. The summed E-state index contributed by atoms with van der Waals surface area (Å²) in [6, 6.07) is 15.8. The first-order valence-corrected chi connectivity index (χ1v) is 6.46. The van der Waals surface area contributed by atoms with Crippen molar-refractivity contribution >= 4 is 36.4 Å². The van der Waals surface area contributed by atoms with Crippen LogP contribution in [0, 0.1) is 0 Å². The number of hydrogen-bond acceptors (Lipinski definition) is 1. The van der Waals surface area contributed by atoms with Crippen LogP contribution >= 0.6 is 24.2 Å². The van der Waals surface area contributed by atoms with Crippen molar-refractivity contribution in [3.8, 4) is 0 Å². The molecule has 0 aliphatic carbocycles. The minimum absolute atomic E-state index is 0.759. The molecule has 0 aliphatic rings. The van der Waals surface area contributed by atoms with Crippen LogP contribution in [0.3, 0.4) is 0 Å². The first kappa shape index (κ1) is 13.0. The Bertz CT molecular complexity index is 497. The highest BCUT2D eigenvalue weighted by atomic mass is 35.5. The van der Waals surface area contributed by atoms with Crippen molar-refractivity contribution in [2.24, 2.45) is 0 Å². The summed E-state index contributed by atoms with van der Waals surface area (Å²) in [7, 11) is 0. The number of rotatable bonds is 3. The Morgan fingerprint density at radius 1 is 0.722 bits per heavy atom. The highest BCUT2D eigenvalue weighted by molar-refractivity contribution is 7.80. The second kappa shape index (κ2) is 6.48. The van der Waals surface area contributed by atoms with Crippen molar-refractivity contribution in [3.05, 3.63) is 76.8 Å². The summed E-state index contributed by atoms with van der Waals surface area (Å²) >= 11 is 10.1. The van der Waals surface area contributed by atoms with Crippen LogP contribution in [0.5, 0.6) is 0 Å². The van der Waals surface area contributed by atoms with Crippen LogP contribution in [0.2, 0.25) is 5.02 Å². The largest absolute Gasteiger partial charge is 0.143 e. The lowest BCUT2D eigenvalue weighted by Gasteiger charge is -1.93. The van der Waals surface area contributed by atoms with E-state index in [1.165, 1.54) is 0 Å². The highest BCUT2D eigenvalue weighted by Gasteiger charge is 1.87. The van der Waals surface area contributed by atoms with E-state index in [0.717, 1.165) is 21.0 Å².